The number of hydrogen-bond donors (Lipinski definition) is 0. The quantitative estimate of drug-likeness (QED) is 0.480. The lowest BCUT2D eigenvalue weighted by molar-refractivity contribution is -0.143. The number of ether oxygens (including phenoxy) is 1. The van der Waals surface area contributed by atoms with Crippen molar-refractivity contribution in [2.45, 2.75) is 53.0 Å². The highest BCUT2D eigenvalue weighted by molar-refractivity contribution is 7.10. The minimum atomic E-state index is -0.171. The molecule has 1 aromatic carbocycles. The summed E-state index contributed by atoms with van der Waals surface area (Å²) in [5.74, 6) is 1.10. The molecule has 174 valence electrons. The summed E-state index contributed by atoms with van der Waals surface area (Å²) >= 11 is 7.87. The van der Waals surface area contributed by atoms with E-state index >= 15 is 0 Å². The van der Waals surface area contributed by atoms with E-state index in [0.29, 0.717) is 37.1 Å². The van der Waals surface area contributed by atoms with Gasteiger partial charge in [0.05, 0.1) is 12.6 Å². The van der Waals surface area contributed by atoms with E-state index in [0.717, 1.165) is 29.7 Å². The minimum absolute atomic E-state index is 0.0205. The van der Waals surface area contributed by atoms with Gasteiger partial charge >= 0.3 is 0 Å². The molecule has 3 rings (SSSR count). The van der Waals surface area contributed by atoms with Crippen molar-refractivity contribution in [3.05, 3.63) is 50.7 Å². The van der Waals surface area contributed by atoms with E-state index in [2.05, 4.69) is 25.3 Å². The standard InChI is InChI=1S/C25H33ClN2O3S/c1-5-17(3)14-27(24(29)6-2)15-25(30)28-11-9-23-20(10-12-32-23)22(28)16-31-19-7-8-21(26)18(4)13-19/h7-8,10,12-13,17,22H,5-6,9,11,14-16H2,1-4H3/t17-,22+/m0/s1. The van der Waals surface area contributed by atoms with E-state index in [4.69, 9.17) is 16.3 Å². The summed E-state index contributed by atoms with van der Waals surface area (Å²) in [6.07, 6.45) is 2.21. The fourth-order valence-electron chi connectivity index (χ4n) is 3.99. The Labute approximate surface area is 200 Å². The molecule has 0 radical (unpaired) electrons. The summed E-state index contributed by atoms with van der Waals surface area (Å²) in [6, 6.07) is 7.52. The van der Waals surface area contributed by atoms with Crippen LogP contribution in [0, 0.1) is 12.8 Å². The number of amides is 2. The van der Waals surface area contributed by atoms with Gasteiger partial charge in [-0.3, -0.25) is 9.59 Å². The number of rotatable bonds is 9. The Morgan fingerprint density at radius 2 is 2.09 bits per heavy atom. The Hall–Kier alpha value is -2.05. The summed E-state index contributed by atoms with van der Waals surface area (Å²) in [5.41, 5.74) is 2.10. The molecule has 2 heterocycles. The highest BCUT2D eigenvalue weighted by atomic mass is 35.5. The number of carbonyl (C=O) groups is 2. The number of halogens is 1. The van der Waals surface area contributed by atoms with Crippen LogP contribution in [0.1, 0.15) is 55.7 Å². The highest BCUT2D eigenvalue weighted by Crippen LogP contribution is 2.34. The van der Waals surface area contributed by atoms with Crippen LogP contribution in [0.4, 0.5) is 0 Å². The maximum absolute atomic E-state index is 13.4. The largest absolute Gasteiger partial charge is 0.491 e. The summed E-state index contributed by atoms with van der Waals surface area (Å²) in [6.45, 7) is 9.74. The van der Waals surface area contributed by atoms with Crippen molar-refractivity contribution < 1.29 is 14.3 Å². The highest BCUT2D eigenvalue weighted by Gasteiger charge is 2.33. The Kier molecular flexibility index (Phi) is 8.60. The monoisotopic (exact) mass is 476 g/mol. The molecule has 32 heavy (non-hydrogen) atoms. The minimum Gasteiger partial charge on any atom is -0.491 e. The van der Waals surface area contributed by atoms with Crippen LogP contribution in [0.2, 0.25) is 5.02 Å². The SMILES string of the molecule is CCC(=O)N(CC(=O)N1CCc2sccc2[C@H]1COc1ccc(Cl)c(C)c1)C[C@@H](C)CC. The molecule has 0 N–H and O–H groups in total. The normalized spacial score (nSPS) is 16.4. The lowest BCUT2D eigenvalue weighted by Crippen LogP contribution is -2.48. The summed E-state index contributed by atoms with van der Waals surface area (Å²) in [4.78, 5) is 30.8. The first-order chi connectivity index (χ1) is 15.3. The van der Waals surface area contributed by atoms with Crippen LogP contribution < -0.4 is 4.74 Å². The number of benzene rings is 1. The average molecular weight is 477 g/mol. The molecule has 2 aromatic rings. The molecule has 5 nitrogen and oxygen atoms in total. The Morgan fingerprint density at radius 3 is 2.78 bits per heavy atom. The van der Waals surface area contributed by atoms with E-state index in [9.17, 15) is 9.59 Å². The summed E-state index contributed by atoms with van der Waals surface area (Å²) < 4.78 is 6.12. The van der Waals surface area contributed by atoms with Gasteiger partial charge in [-0.25, -0.2) is 0 Å². The van der Waals surface area contributed by atoms with Crippen molar-refractivity contribution in [1.29, 1.82) is 0 Å². The van der Waals surface area contributed by atoms with Crippen molar-refractivity contribution in [1.82, 2.24) is 9.80 Å². The Morgan fingerprint density at radius 1 is 1.31 bits per heavy atom. The molecule has 7 heteroatoms. The first-order valence-electron chi connectivity index (χ1n) is 11.4. The number of hydrogen-bond acceptors (Lipinski definition) is 4. The van der Waals surface area contributed by atoms with E-state index < -0.39 is 0 Å². The second-order valence-corrected chi connectivity index (χ2v) is 9.92. The maximum Gasteiger partial charge on any atom is 0.242 e. The molecule has 0 unspecified atom stereocenters. The fraction of sp³-hybridized carbons (Fsp3) is 0.520. The van der Waals surface area contributed by atoms with Crippen molar-refractivity contribution in [2.75, 3.05) is 26.2 Å². The zero-order valence-corrected chi connectivity index (χ0v) is 21.0. The molecule has 1 aliphatic heterocycles. The number of aryl methyl sites for hydroxylation is 1. The predicted molar refractivity (Wildman–Crippen MR) is 130 cm³/mol. The van der Waals surface area contributed by atoms with Crippen LogP contribution in [0.3, 0.4) is 0 Å². The van der Waals surface area contributed by atoms with Gasteiger partial charge in [0.2, 0.25) is 11.8 Å². The van der Waals surface area contributed by atoms with Crippen LogP contribution in [-0.4, -0.2) is 47.9 Å². The summed E-state index contributed by atoms with van der Waals surface area (Å²) in [7, 11) is 0. The number of thiophene rings is 1. The third-order valence-corrected chi connectivity index (χ3v) is 7.58. The smallest absolute Gasteiger partial charge is 0.242 e. The van der Waals surface area contributed by atoms with Gasteiger partial charge in [-0.1, -0.05) is 38.8 Å². The first kappa shape index (κ1) is 24.6. The van der Waals surface area contributed by atoms with Gasteiger partial charge < -0.3 is 14.5 Å². The maximum atomic E-state index is 13.4. The van der Waals surface area contributed by atoms with Crippen LogP contribution in [0.25, 0.3) is 0 Å². The van der Waals surface area contributed by atoms with E-state index in [1.54, 1.807) is 16.2 Å². The van der Waals surface area contributed by atoms with Crippen LogP contribution in [0.5, 0.6) is 5.75 Å². The first-order valence-corrected chi connectivity index (χ1v) is 12.6. The molecule has 2 atom stereocenters. The molecule has 0 bridgehead atoms. The Balaban J connectivity index is 1.77. The third-order valence-electron chi connectivity index (χ3n) is 6.16. The van der Waals surface area contributed by atoms with Gasteiger partial charge in [-0.15, -0.1) is 11.3 Å². The molecule has 1 aliphatic rings. The topological polar surface area (TPSA) is 49.9 Å². The summed E-state index contributed by atoms with van der Waals surface area (Å²) in [5, 5.41) is 2.78. The second kappa shape index (κ2) is 11.2. The van der Waals surface area contributed by atoms with Crippen LogP contribution in [-0.2, 0) is 16.0 Å². The zero-order valence-electron chi connectivity index (χ0n) is 19.4. The van der Waals surface area contributed by atoms with Crippen molar-refractivity contribution in [3.63, 3.8) is 0 Å². The number of fused-ring (bicyclic) bond motifs is 1. The lowest BCUT2D eigenvalue weighted by atomic mass is 10.00. The molecule has 0 spiro atoms. The molecular formula is C25H33ClN2O3S. The fourth-order valence-corrected chi connectivity index (χ4v) is 5.04. The van der Waals surface area contributed by atoms with Crippen molar-refractivity contribution in [2.24, 2.45) is 5.92 Å². The zero-order chi connectivity index (χ0) is 23.3. The van der Waals surface area contributed by atoms with E-state index in [-0.39, 0.29) is 24.4 Å². The number of nitrogens with zero attached hydrogens (tertiary/aromatic N) is 2. The number of carbonyl (C=O) groups excluding carboxylic acids is 2. The molecule has 1 aromatic heterocycles. The second-order valence-electron chi connectivity index (χ2n) is 8.52. The van der Waals surface area contributed by atoms with Crippen molar-refractivity contribution >= 4 is 34.8 Å². The molecular weight excluding hydrogens is 444 g/mol. The van der Waals surface area contributed by atoms with Crippen LogP contribution in [0.15, 0.2) is 29.6 Å². The van der Waals surface area contributed by atoms with Gasteiger partial charge in [-0.05, 0) is 60.0 Å². The lowest BCUT2D eigenvalue weighted by Gasteiger charge is -2.37. The molecule has 2 amide bonds. The molecule has 0 saturated heterocycles. The van der Waals surface area contributed by atoms with Gasteiger partial charge in [0.1, 0.15) is 12.4 Å². The average Bonchev–Trinajstić information content (AvgIpc) is 3.27. The Bertz CT molecular complexity index is 945. The molecule has 0 aliphatic carbocycles. The van der Waals surface area contributed by atoms with Crippen LogP contribution >= 0.6 is 22.9 Å². The third kappa shape index (κ3) is 5.84. The molecule has 0 fully saturated rings. The van der Waals surface area contributed by atoms with Crippen molar-refractivity contribution in [3.8, 4) is 5.75 Å². The van der Waals surface area contributed by atoms with Gasteiger partial charge in [0, 0.05) is 29.4 Å². The van der Waals surface area contributed by atoms with Gasteiger partial charge in [0.25, 0.3) is 0 Å². The molecule has 0 saturated carbocycles. The van der Waals surface area contributed by atoms with E-state index in [1.165, 1.54) is 4.88 Å². The van der Waals surface area contributed by atoms with Gasteiger partial charge in [0.15, 0.2) is 0 Å². The van der Waals surface area contributed by atoms with E-state index in [1.807, 2.05) is 36.9 Å². The predicted octanol–water partition coefficient (Wildman–Crippen LogP) is 5.50. The van der Waals surface area contributed by atoms with Gasteiger partial charge in [-0.2, -0.15) is 0 Å².